The number of benzene rings is 3. The van der Waals surface area contributed by atoms with Crippen LogP contribution in [0.3, 0.4) is 0 Å². The van der Waals surface area contributed by atoms with Gasteiger partial charge in [0.05, 0.1) is 0 Å². The molecule has 0 atom stereocenters. The zero-order chi connectivity index (χ0) is 14.8. The molecule has 0 unspecified atom stereocenters. The average Bonchev–Trinajstić information content (AvgIpc) is 2.48. The van der Waals surface area contributed by atoms with Crippen LogP contribution >= 0.6 is 38.5 Å². The third kappa shape index (κ3) is 3.44. The van der Waals surface area contributed by atoms with Crippen LogP contribution in [0.25, 0.3) is 10.8 Å². The van der Waals surface area contributed by atoms with Crippen molar-refractivity contribution in [1.82, 2.24) is 0 Å². The summed E-state index contributed by atoms with van der Waals surface area (Å²) in [4.78, 5) is 12.2. The molecule has 3 rings (SSSR count). The van der Waals surface area contributed by atoms with Crippen LogP contribution in [0.1, 0.15) is 10.4 Å². The van der Waals surface area contributed by atoms with Crippen molar-refractivity contribution in [3.63, 3.8) is 0 Å². The highest BCUT2D eigenvalue weighted by Gasteiger charge is 2.06. The number of carbonyl (C=O) groups excluding carboxylic acids is 1. The van der Waals surface area contributed by atoms with E-state index in [-0.39, 0.29) is 5.91 Å². The monoisotopic (exact) mass is 451 g/mol. The van der Waals surface area contributed by atoms with Crippen LogP contribution in [-0.4, -0.2) is 5.91 Å². The summed E-state index contributed by atoms with van der Waals surface area (Å²) in [5, 5.41) is 5.16. The maximum atomic E-state index is 12.2. The first-order valence-corrected chi connectivity index (χ1v) is 8.25. The van der Waals surface area contributed by atoms with Gasteiger partial charge >= 0.3 is 0 Å². The molecule has 0 saturated carbocycles. The van der Waals surface area contributed by atoms with Gasteiger partial charge in [0.25, 0.3) is 5.91 Å². The summed E-state index contributed by atoms with van der Waals surface area (Å²) >= 11 is 5.68. The molecule has 4 heteroatoms. The van der Waals surface area contributed by atoms with Crippen LogP contribution in [0, 0.1) is 3.57 Å². The van der Waals surface area contributed by atoms with Gasteiger partial charge in [0, 0.05) is 19.3 Å². The van der Waals surface area contributed by atoms with Crippen LogP contribution < -0.4 is 5.32 Å². The van der Waals surface area contributed by atoms with Gasteiger partial charge in [0.15, 0.2) is 0 Å². The van der Waals surface area contributed by atoms with Crippen molar-refractivity contribution >= 4 is 60.9 Å². The standard InChI is InChI=1S/C17H11BrINO/c18-14-5-1-13-10-16(8-4-12(13)9-14)20-17(21)11-2-6-15(19)7-3-11/h1-10H,(H,20,21). The second kappa shape index (κ2) is 6.15. The highest BCUT2D eigenvalue weighted by molar-refractivity contribution is 14.1. The van der Waals surface area contributed by atoms with Gasteiger partial charge in [-0.1, -0.05) is 28.1 Å². The van der Waals surface area contributed by atoms with Gasteiger partial charge < -0.3 is 5.32 Å². The molecular formula is C17H11BrINO. The van der Waals surface area contributed by atoms with Crippen molar-refractivity contribution in [2.75, 3.05) is 5.32 Å². The predicted molar refractivity (Wildman–Crippen MR) is 98.8 cm³/mol. The lowest BCUT2D eigenvalue weighted by Crippen LogP contribution is -2.11. The first-order chi connectivity index (χ1) is 10.1. The largest absolute Gasteiger partial charge is 0.322 e. The first kappa shape index (κ1) is 14.5. The number of rotatable bonds is 2. The molecule has 3 aromatic rings. The van der Waals surface area contributed by atoms with E-state index in [9.17, 15) is 4.79 Å². The predicted octanol–water partition coefficient (Wildman–Crippen LogP) is 5.46. The molecule has 0 radical (unpaired) electrons. The van der Waals surface area contributed by atoms with E-state index >= 15 is 0 Å². The van der Waals surface area contributed by atoms with Crippen LogP contribution in [-0.2, 0) is 0 Å². The van der Waals surface area contributed by atoms with Crippen molar-refractivity contribution in [1.29, 1.82) is 0 Å². The Bertz CT molecular complexity index is 815. The van der Waals surface area contributed by atoms with Gasteiger partial charge in [-0.25, -0.2) is 0 Å². The lowest BCUT2D eigenvalue weighted by Gasteiger charge is -2.07. The van der Waals surface area contributed by atoms with E-state index in [2.05, 4.69) is 49.9 Å². The molecule has 104 valence electrons. The molecule has 1 N–H and O–H groups in total. The molecule has 0 aliphatic rings. The topological polar surface area (TPSA) is 29.1 Å². The number of anilines is 1. The van der Waals surface area contributed by atoms with Crippen LogP contribution in [0.15, 0.2) is 65.1 Å². The molecule has 0 bridgehead atoms. The van der Waals surface area contributed by atoms with Gasteiger partial charge in [0.1, 0.15) is 0 Å². The Labute approximate surface area is 144 Å². The summed E-state index contributed by atoms with van der Waals surface area (Å²) < 4.78 is 2.16. The maximum absolute atomic E-state index is 12.2. The van der Waals surface area contributed by atoms with Gasteiger partial charge in [-0.3, -0.25) is 4.79 Å². The lowest BCUT2D eigenvalue weighted by molar-refractivity contribution is 0.102. The zero-order valence-corrected chi connectivity index (χ0v) is 14.7. The average molecular weight is 452 g/mol. The number of amides is 1. The summed E-state index contributed by atoms with van der Waals surface area (Å²) in [7, 11) is 0. The fourth-order valence-corrected chi connectivity index (χ4v) is 2.84. The number of halogens is 2. The van der Waals surface area contributed by atoms with E-state index in [0.717, 1.165) is 24.5 Å². The van der Waals surface area contributed by atoms with Crippen molar-refractivity contribution in [2.24, 2.45) is 0 Å². The van der Waals surface area contributed by atoms with Gasteiger partial charge in [0.2, 0.25) is 0 Å². The minimum Gasteiger partial charge on any atom is -0.322 e. The molecule has 21 heavy (non-hydrogen) atoms. The summed E-state index contributed by atoms with van der Waals surface area (Å²) in [5.41, 5.74) is 1.46. The summed E-state index contributed by atoms with van der Waals surface area (Å²) in [6.45, 7) is 0. The SMILES string of the molecule is O=C(Nc1ccc2cc(Br)ccc2c1)c1ccc(I)cc1. The number of fused-ring (bicyclic) bond motifs is 1. The number of hydrogen-bond donors (Lipinski definition) is 1. The fourth-order valence-electron chi connectivity index (χ4n) is 2.10. The molecule has 3 aromatic carbocycles. The molecule has 0 saturated heterocycles. The molecule has 0 heterocycles. The van der Waals surface area contributed by atoms with Gasteiger partial charge in [-0.15, -0.1) is 0 Å². The van der Waals surface area contributed by atoms with Crippen molar-refractivity contribution in [2.45, 2.75) is 0 Å². The fraction of sp³-hybridized carbons (Fsp3) is 0. The van der Waals surface area contributed by atoms with Crippen molar-refractivity contribution in [3.8, 4) is 0 Å². The Hall–Kier alpha value is -1.40. The molecule has 0 aromatic heterocycles. The third-order valence-corrected chi connectivity index (χ3v) is 4.38. The van der Waals surface area contributed by atoms with Crippen LogP contribution in [0.5, 0.6) is 0 Å². The van der Waals surface area contributed by atoms with Crippen LogP contribution in [0.4, 0.5) is 5.69 Å². The minimum absolute atomic E-state index is 0.0946. The lowest BCUT2D eigenvalue weighted by atomic mass is 10.1. The Morgan fingerprint density at radius 1 is 0.905 bits per heavy atom. The van der Waals surface area contributed by atoms with Crippen molar-refractivity contribution < 1.29 is 4.79 Å². The number of nitrogens with one attached hydrogen (secondary N) is 1. The van der Waals surface area contributed by atoms with Crippen LogP contribution in [0.2, 0.25) is 0 Å². The maximum Gasteiger partial charge on any atom is 0.255 e. The Kier molecular flexibility index (Phi) is 4.26. The summed E-state index contributed by atoms with van der Waals surface area (Å²) in [6.07, 6.45) is 0. The molecule has 2 nitrogen and oxygen atoms in total. The normalized spacial score (nSPS) is 10.6. The molecule has 1 amide bonds. The summed E-state index contributed by atoms with van der Waals surface area (Å²) in [6, 6.07) is 19.5. The zero-order valence-electron chi connectivity index (χ0n) is 10.9. The second-order valence-corrected chi connectivity index (χ2v) is 6.83. The quantitative estimate of drug-likeness (QED) is 0.515. The number of carbonyl (C=O) groups is 1. The smallest absolute Gasteiger partial charge is 0.255 e. The molecule has 0 fully saturated rings. The molecule has 0 aliphatic carbocycles. The van der Waals surface area contributed by atoms with Gasteiger partial charge in [-0.05, 0) is 81.9 Å². The van der Waals surface area contributed by atoms with E-state index in [1.807, 2.05) is 54.6 Å². The molecule has 0 spiro atoms. The van der Waals surface area contributed by atoms with E-state index < -0.39 is 0 Å². The highest BCUT2D eigenvalue weighted by Crippen LogP contribution is 2.23. The first-order valence-electron chi connectivity index (χ1n) is 6.38. The Morgan fingerprint density at radius 2 is 1.57 bits per heavy atom. The third-order valence-electron chi connectivity index (χ3n) is 3.17. The second-order valence-electron chi connectivity index (χ2n) is 4.67. The van der Waals surface area contributed by atoms with E-state index in [1.165, 1.54) is 0 Å². The molecular weight excluding hydrogens is 441 g/mol. The Balaban J connectivity index is 1.85. The van der Waals surface area contributed by atoms with E-state index in [4.69, 9.17) is 0 Å². The van der Waals surface area contributed by atoms with E-state index in [0.29, 0.717) is 5.56 Å². The molecule has 0 aliphatic heterocycles. The minimum atomic E-state index is -0.0946. The number of hydrogen-bond acceptors (Lipinski definition) is 1. The van der Waals surface area contributed by atoms with Crippen molar-refractivity contribution in [3.05, 3.63) is 74.3 Å². The summed E-state index contributed by atoms with van der Waals surface area (Å²) in [5.74, 6) is -0.0946. The van der Waals surface area contributed by atoms with E-state index in [1.54, 1.807) is 0 Å². The Morgan fingerprint density at radius 3 is 2.33 bits per heavy atom. The highest BCUT2D eigenvalue weighted by atomic mass is 127. The van der Waals surface area contributed by atoms with Gasteiger partial charge in [-0.2, -0.15) is 0 Å².